The van der Waals surface area contributed by atoms with Gasteiger partial charge in [0, 0.05) is 19.3 Å². The highest BCUT2D eigenvalue weighted by atomic mass is 32.2. The molecule has 0 radical (unpaired) electrons. The first kappa shape index (κ1) is 17.4. The van der Waals surface area contributed by atoms with Crippen molar-refractivity contribution in [3.63, 3.8) is 0 Å². The molecule has 0 aromatic carbocycles. The summed E-state index contributed by atoms with van der Waals surface area (Å²) in [6, 6.07) is 0. The fourth-order valence-corrected chi connectivity index (χ4v) is 2.64. The van der Waals surface area contributed by atoms with E-state index in [1.807, 2.05) is 20.8 Å². The number of nitrogens with zero attached hydrogens (tertiary/aromatic N) is 2. The quantitative estimate of drug-likeness (QED) is 0.620. The molecule has 1 rings (SSSR count). The van der Waals surface area contributed by atoms with Crippen molar-refractivity contribution in [2.75, 3.05) is 18.8 Å². The molecule has 0 spiro atoms. The highest BCUT2D eigenvalue weighted by Crippen LogP contribution is 2.15. The monoisotopic (exact) mass is 317 g/mol. The van der Waals surface area contributed by atoms with E-state index in [-0.39, 0.29) is 23.2 Å². The maximum Gasteiger partial charge on any atom is 0.246 e. The molecule has 0 saturated carbocycles. The van der Waals surface area contributed by atoms with Gasteiger partial charge in [-0.05, 0) is 12.3 Å². The number of carbonyl (C=O) groups is 1. The van der Waals surface area contributed by atoms with Gasteiger partial charge in [0.2, 0.25) is 15.9 Å². The molecule has 9 heteroatoms. The number of nitrogens with two attached hydrogens (primary N) is 1. The molecule has 1 amide bonds. The summed E-state index contributed by atoms with van der Waals surface area (Å²) in [7, 11) is -3.84. The lowest BCUT2D eigenvalue weighted by atomic mass is 10.2. The van der Waals surface area contributed by atoms with Crippen LogP contribution < -0.4 is 15.8 Å². The van der Waals surface area contributed by atoms with Crippen LogP contribution in [0.15, 0.2) is 11.1 Å². The second-order valence-electron chi connectivity index (χ2n) is 5.16. The highest BCUT2D eigenvalue weighted by Gasteiger charge is 2.21. The van der Waals surface area contributed by atoms with E-state index in [0.29, 0.717) is 19.0 Å². The predicted octanol–water partition coefficient (Wildman–Crippen LogP) is -0.0742. The zero-order valence-corrected chi connectivity index (χ0v) is 13.4. The minimum absolute atomic E-state index is 0.0708. The topological polar surface area (TPSA) is 119 Å². The van der Waals surface area contributed by atoms with Crippen LogP contribution in [0.25, 0.3) is 0 Å². The Morgan fingerprint density at radius 1 is 1.48 bits per heavy atom. The maximum atomic E-state index is 12.1. The van der Waals surface area contributed by atoms with Crippen LogP contribution in [-0.4, -0.2) is 37.2 Å². The molecule has 0 saturated heterocycles. The molecule has 0 aliphatic rings. The first-order valence-corrected chi connectivity index (χ1v) is 8.33. The zero-order chi connectivity index (χ0) is 16.0. The van der Waals surface area contributed by atoms with Crippen molar-refractivity contribution >= 4 is 21.7 Å². The first-order valence-electron chi connectivity index (χ1n) is 6.85. The SMILES string of the molecule is CCCn1cc(S(=O)(=O)NCC(=O)NCC(C)C)c(N)n1. The van der Waals surface area contributed by atoms with E-state index in [4.69, 9.17) is 5.73 Å². The predicted molar refractivity (Wildman–Crippen MR) is 80.0 cm³/mol. The van der Waals surface area contributed by atoms with Crippen LogP contribution in [0.5, 0.6) is 0 Å². The van der Waals surface area contributed by atoms with Crippen molar-refractivity contribution in [3.05, 3.63) is 6.20 Å². The third kappa shape index (κ3) is 5.35. The van der Waals surface area contributed by atoms with Crippen LogP contribution >= 0.6 is 0 Å². The Morgan fingerprint density at radius 3 is 2.71 bits per heavy atom. The van der Waals surface area contributed by atoms with Gasteiger partial charge in [-0.25, -0.2) is 13.1 Å². The molecule has 0 atom stereocenters. The molecule has 8 nitrogen and oxygen atoms in total. The number of sulfonamides is 1. The van der Waals surface area contributed by atoms with Crippen molar-refractivity contribution in [2.45, 2.75) is 38.6 Å². The third-order valence-electron chi connectivity index (χ3n) is 2.63. The Balaban J connectivity index is 2.67. The van der Waals surface area contributed by atoms with Gasteiger partial charge in [0.05, 0.1) is 6.54 Å². The van der Waals surface area contributed by atoms with Crippen molar-refractivity contribution in [1.29, 1.82) is 0 Å². The summed E-state index contributed by atoms with van der Waals surface area (Å²) in [6.45, 7) is 6.60. The summed E-state index contributed by atoms with van der Waals surface area (Å²) >= 11 is 0. The molecule has 1 aromatic rings. The zero-order valence-electron chi connectivity index (χ0n) is 12.6. The maximum absolute atomic E-state index is 12.1. The fraction of sp³-hybridized carbons (Fsp3) is 0.667. The van der Waals surface area contributed by atoms with Gasteiger partial charge in [-0.3, -0.25) is 9.48 Å². The van der Waals surface area contributed by atoms with Gasteiger partial charge >= 0.3 is 0 Å². The van der Waals surface area contributed by atoms with Crippen LogP contribution in [-0.2, 0) is 21.4 Å². The second kappa shape index (κ2) is 7.41. The van der Waals surface area contributed by atoms with E-state index in [2.05, 4.69) is 15.1 Å². The van der Waals surface area contributed by atoms with Gasteiger partial charge in [-0.2, -0.15) is 5.10 Å². The van der Waals surface area contributed by atoms with Crippen molar-refractivity contribution in [3.8, 4) is 0 Å². The summed E-state index contributed by atoms with van der Waals surface area (Å²) in [6.07, 6.45) is 2.18. The Hall–Kier alpha value is -1.61. The summed E-state index contributed by atoms with van der Waals surface area (Å²) in [5, 5.41) is 6.56. The lowest BCUT2D eigenvalue weighted by Gasteiger charge is -2.08. The smallest absolute Gasteiger partial charge is 0.246 e. The Morgan fingerprint density at radius 2 is 2.14 bits per heavy atom. The van der Waals surface area contributed by atoms with Crippen LogP contribution in [0.1, 0.15) is 27.2 Å². The number of carbonyl (C=O) groups excluding carboxylic acids is 1. The number of aryl methyl sites for hydroxylation is 1. The van der Waals surface area contributed by atoms with Gasteiger partial charge in [0.25, 0.3) is 0 Å². The number of hydrogen-bond acceptors (Lipinski definition) is 5. The van der Waals surface area contributed by atoms with Gasteiger partial charge in [-0.1, -0.05) is 20.8 Å². The molecule has 0 aliphatic carbocycles. The van der Waals surface area contributed by atoms with E-state index in [1.165, 1.54) is 10.9 Å². The summed E-state index contributed by atoms with van der Waals surface area (Å²) in [4.78, 5) is 11.4. The fourth-order valence-electron chi connectivity index (χ4n) is 1.59. The number of nitrogens with one attached hydrogen (secondary N) is 2. The molecule has 0 fully saturated rings. The largest absolute Gasteiger partial charge is 0.381 e. The average molecular weight is 317 g/mol. The molecule has 4 N–H and O–H groups in total. The van der Waals surface area contributed by atoms with E-state index >= 15 is 0 Å². The van der Waals surface area contributed by atoms with Gasteiger partial charge in [0.1, 0.15) is 4.90 Å². The van der Waals surface area contributed by atoms with E-state index in [1.54, 1.807) is 0 Å². The van der Waals surface area contributed by atoms with E-state index in [0.717, 1.165) is 6.42 Å². The molecule has 0 aliphatic heterocycles. The molecule has 0 unspecified atom stereocenters. The number of aromatic nitrogens is 2. The first-order chi connectivity index (χ1) is 9.76. The minimum Gasteiger partial charge on any atom is -0.381 e. The average Bonchev–Trinajstić information content (AvgIpc) is 2.76. The Bertz CT molecular complexity index is 580. The van der Waals surface area contributed by atoms with E-state index < -0.39 is 10.0 Å². The molecule has 1 aromatic heterocycles. The molecular formula is C12H23N5O3S. The number of hydrogen-bond donors (Lipinski definition) is 3. The standard InChI is InChI=1S/C12H23N5O3S/c1-4-5-17-8-10(12(13)16-17)21(19,20)15-7-11(18)14-6-9(2)3/h8-9,15H,4-7H2,1-3H3,(H2,13,16)(H,14,18). The van der Waals surface area contributed by atoms with Crippen molar-refractivity contribution in [2.24, 2.45) is 5.92 Å². The van der Waals surface area contributed by atoms with Crippen LogP contribution in [0.4, 0.5) is 5.82 Å². The van der Waals surface area contributed by atoms with Crippen LogP contribution in [0, 0.1) is 5.92 Å². The molecular weight excluding hydrogens is 294 g/mol. The molecule has 0 bridgehead atoms. The van der Waals surface area contributed by atoms with E-state index in [9.17, 15) is 13.2 Å². The molecule has 1 heterocycles. The number of anilines is 1. The van der Waals surface area contributed by atoms with Crippen LogP contribution in [0.2, 0.25) is 0 Å². The van der Waals surface area contributed by atoms with Crippen molar-refractivity contribution in [1.82, 2.24) is 19.8 Å². The molecule has 21 heavy (non-hydrogen) atoms. The number of nitrogen functional groups attached to an aromatic ring is 1. The third-order valence-corrected chi connectivity index (χ3v) is 4.05. The highest BCUT2D eigenvalue weighted by molar-refractivity contribution is 7.89. The second-order valence-corrected chi connectivity index (χ2v) is 6.90. The summed E-state index contributed by atoms with van der Waals surface area (Å²) in [5.74, 6) is -0.154. The lowest BCUT2D eigenvalue weighted by molar-refractivity contribution is -0.120. The van der Waals surface area contributed by atoms with Crippen LogP contribution in [0.3, 0.4) is 0 Å². The lowest BCUT2D eigenvalue weighted by Crippen LogP contribution is -2.38. The minimum atomic E-state index is -3.84. The van der Waals surface area contributed by atoms with Gasteiger partial charge in [0.15, 0.2) is 5.82 Å². The number of amides is 1. The normalized spacial score (nSPS) is 11.8. The summed E-state index contributed by atoms with van der Waals surface area (Å²) < 4.78 is 27.9. The Kier molecular flexibility index (Phi) is 6.16. The van der Waals surface area contributed by atoms with Gasteiger partial charge < -0.3 is 11.1 Å². The van der Waals surface area contributed by atoms with Crippen molar-refractivity contribution < 1.29 is 13.2 Å². The molecule has 120 valence electrons. The Labute approximate surface area is 125 Å². The van der Waals surface area contributed by atoms with Gasteiger partial charge in [-0.15, -0.1) is 0 Å². The summed E-state index contributed by atoms with van der Waals surface area (Å²) in [5.41, 5.74) is 5.61. The number of rotatable bonds is 8.